The van der Waals surface area contributed by atoms with Gasteiger partial charge in [0.1, 0.15) is 0 Å². The van der Waals surface area contributed by atoms with E-state index in [1.54, 1.807) is 4.68 Å². The fourth-order valence-corrected chi connectivity index (χ4v) is 0.900. The lowest BCUT2D eigenvalue weighted by Crippen LogP contribution is -2.14. The van der Waals surface area contributed by atoms with Crippen molar-refractivity contribution in [3.05, 3.63) is 17.5 Å². The van der Waals surface area contributed by atoms with E-state index in [0.717, 1.165) is 11.4 Å². The topological polar surface area (TPSA) is 60.9 Å². The Labute approximate surface area is 65.0 Å². The van der Waals surface area contributed by atoms with Crippen LogP contribution in [-0.4, -0.2) is 15.7 Å². The average molecular weight is 153 g/mol. The van der Waals surface area contributed by atoms with Gasteiger partial charge in [0.05, 0.1) is 12.1 Å². The molecule has 0 aliphatic heterocycles. The van der Waals surface area contributed by atoms with Crippen LogP contribution in [0.1, 0.15) is 11.4 Å². The quantitative estimate of drug-likeness (QED) is 0.637. The van der Waals surface area contributed by atoms with E-state index in [1.165, 1.54) is 0 Å². The normalized spacial score (nSPS) is 10.0. The molecule has 1 aromatic heterocycles. The SMILES string of the molecule is Cc1cc(CC(N)=O)nn1C. The lowest BCUT2D eigenvalue weighted by molar-refractivity contribution is -0.117. The first-order chi connectivity index (χ1) is 5.09. The fraction of sp³-hybridized carbons (Fsp3) is 0.429. The summed E-state index contributed by atoms with van der Waals surface area (Å²) in [4.78, 5) is 10.5. The maximum atomic E-state index is 10.5. The summed E-state index contributed by atoms with van der Waals surface area (Å²) in [6.45, 7) is 1.93. The summed E-state index contributed by atoms with van der Waals surface area (Å²) in [7, 11) is 1.83. The molecule has 2 N–H and O–H groups in total. The Balaban J connectivity index is 2.81. The van der Waals surface area contributed by atoms with Crippen molar-refractivity contribution in [3.8, 4) is 0 Å². The average Bonchev–Trinajstić information content (AvgIpc) is 2.10. The van der Waals surface area contributed by atoms with Gasteiger partial charge in [0.25, 0.3) is 0 Å². The first kappa shape index (κ1) is 7.78. The van der Waals surface area contributed by atoms with Crippen LogP contribution < -0.4 is 5.73 Å². The third kappa shape index (κ3) is 1.80. The molecule has 1 rings (SSSR count). The van der Waals surface area contributed by atoms with E-state index in [2.05, 4.69) is 5.10 Å². The second-order valence-corrected chi connectivity index (χ2v) is 2.54. The van der Waals surface area contributed by atoms with Crippen LogP contribution in [0.4, 0.5) is 0 Å². The fourth-order valence-electron chi connectivity index (χ4n) is 0.900. The molecule has 0 fully saturated rings. The van der Waals surface area contributed by atoms with Gasteiger partial charge in [0.15, 0.2) is 0 Å². The molecular formula is C7H11N3O. The molecule has 0 saturated heterocycles. The Bertz CT molecular complexity index is 258. The maximum absolute atomic E-state index is 10.5. The van der Waals surface area contributed by atoms with E-state index in [0.29, 0.717) is 0 Å². The van der Waals surface area contributed by atoms with Crippen LogP contribution >= 0.6 is 0 Å². The van der Waals surface area contributed by atoms with Crippen LogP contribution in [0.15, 0.2) is 6.07 Å². The van der Waals surface area contributed by atoms with Gasteiger partial charge in [-0.25, -0.2) is 0 Å². The van der Waals surface area contributed by atoms with Crippen molar-refractivity contribution in [2.45, 2.75) is 13.3 Å². The van der Waals surface area contributed by atoms with Gasteiger partial charge in [-0.3, -0.25) is 9.48 Å². The lowest BCUT2D eigenvalue weighted by atomic mass is 10.3. The molecule has 0 saturated carbocycles. The van der Waals surface area contributed by atoms with E-state index in [9.17, 15) is 4.79 Å². The number of carbonyl (C=O) groups is 1. The number of hydrogen-bond donors (Lipinski definition) is 1. The number of aromatic nitrogens is 2. The summed E-state index contributed by atoms with van der Waals surface area (Å²) >= 11 is 0. The summed E-state index contributed by atoms with van der Waals surface area (Å²) in [6.07, 6.45) is 0.224. The van der Waals surface area contributed by atoms with Crippen molar-refractivity contribution in [2.75, 3.05) is 0 Å². The summed E-state index contributed by atoms with van der Waals surface area (Å²) in [5.74, 6) is -0.344. The minimum atomic E-state index is -0.344. The smallest absolute Gasteiger partial charge is 0.223 e. The minimum Gasteiger partial charge on any atom is -0.369 e. The molecule has 0 aliphatic carbocycles. The predicted molar refractivity (Wildman–Crippen MR) is 40.8 cm³/mol. The first-order valence-corrected chi connectivity index (χ1v) is 3.37. The Morgan fingerprint density at radius 1 is 1.82 bits per heavy atom. The molecule has 0 aliphatic rings. The van der Waals surface area contributed by atoms with E-state index < -0.39 is 0 Å². The second kappa shape index (κ2) is 2.74. The predicted octanol–water partition coefficient (Wildman–Crippen LogP) is -0.244. The molecule has 1 heterocycles. The van der Waals surface area contributed by atoms with E-state index in [1.807, 2.05) is 20.0 Å². The van der Waals surface area contributed by atoms with Crippen LogP contribution in [0.25, 0.3) is 0 Å². The van der Waals surface area contributed by atoms with Gasteiger partial charge >= 0.3 is 0 Å². The molecule has 0 bridgehead atoms. The van der Waals surface area contributed by atoms with Gasteiger partial charge in [-0.05, 0) is 13.0 Å². The number of aryl methyl sites for hydroxylation is 2. The third-order valence-corrected chi connectivity index (χ3v) is 1.52. The Kier molecular flexibility index (Phi) is 1.94. The van der Waals surface area contributed by atoms with Crippen molar-refractivity contribution < 1.29 is 4.79 Å². The summed E-state index contributed by atoms with van der Waals surface area (Å²) < 4.78 is 1.72. The highest BCUT2D eigenvalue weighted by Crippen LogP contribution is 2.00. The van der Waals surface area contributed by atoms with Crippen molar-refractivity contribution in [1.82, 2.24) is 9.78 Å². The zero-order valence-corrected chi connectivity index (χ0v) is 6.66. The standard InChI is InChI=1S/C7H11N3O/c1-5-3-6(4-7(8)11)9-10(5)2/h3H,4H2,1-2H3,(H2,8,11). The van der Waals surface area contributed by atoms with Gasteiger partial charge in [0.2, 0.25) is 5.91 Å². The molecular weight excluding hydrogens is 142 g/mol. The molecule has 60 valence electrons. The molecule has 0 unspecified atom stereocenters. The van der Waals surface area contributed by atoms with Gasteiger partial charge < -0.3 is 5.73 Å². The zero-order valence-electron chi connectivity index (χ0n) is 6.66. The Morgan fingerprint density at radius 3 is 2.82 bits per heavy atom. The van der Waals surface area contributed by atoms with Crippen molar-refractivity contribution in [1.29, 1.82) is 0 Å². The Hall–Kier alpha value is -1.32. The molecule has 1 aromatic rings. The number of carbonyl (C=O) groups excluding carboxylic acids is 1. The molecule has 11 heavy (non-hydrogen) atoms. The van der Waals surface area contributed by atoms with Crippen molar-refractivity contribution >= 4 is 5.91 Å². The molecule has 0 aromatic carbocycles. The van der Waals surface area contributed by atoms with Crippen molar-refractivity contribution in [2.24, 2.45) is 12.8 Å². The highest BCUT2D eigenvalue weighted by Gasteiger charge is 2.03. The summed E-state index contributed by atoms with van der Waals surface area (Å²) in [5, 5.41) is 4.07. The largest absolute Gasteiger partial charge is 0.369 e. The van der Waals surface area contributed by atoms with Crippen molar-refractivity contribution in [3.63, 3.8) is 0 Å². The number of rotatable bonds is 2. The highest BCUT2D eigenvalue weighted by atomic mass is 16.1. The van der Waals surface area contributed by atoms with Gasteiger partial charge in [-0.2, -0.15) is 5.10 Å². The van der Waals surface area contributed by atoms with Crippen LogP contribution in [0.3, 0.4) is 0 Å². The number of nitrogens with zero attached hydrogens (tertiary/aromatic N) is 2. The molecule has 0 radical (unpaired) electrons. The monoisotopic (exact) mass is 153 g/mol. The zero-order chi connectivity index (χ0) is 8.43. The number of primary amides is 1. The number of amides is 1. The Morgan fingerprint density at radius 2 is 2.45 bits per heavy atom. The van der Waals surface area contributed by atoms with Gasteiger partial charge in [-0.15, -0.1) is 0 Å². The molecule has 1 amide bonds. The van der Waals surface area contributed by atoms with Crippen LogP contribution in [-0.2, 0) is 18.3 Å². The van der Waals surface area contributed by atoms with Gasteiger partial charge in [-0.1, -0.05) is 0 Å². The highest BCUT2D eigenvalue weighted by molar-refractivity contribution is 5.76. The lowest BCUT2D eigenvalue weighted by Gasteiger charge is -1.89. The van der Waals surface area contributed by atoms with Crippen LogP contribution in [0.5, 0.6) is 0 Å². The second-order valence-electron chi connectivity index (χ2n) is 2.54. The molecule has 0 spiro atoms. The van der Waals surface area contributed by atoms with E-state index >= 15 is 0 Å². The van der Waals surface area contributed by atoms with Gasteiger partial charge in [0, 0.05) is 12.7 Å². The molecule has 4 heteroatoms. The van der Waals surface area contributed by atoms with E-state index in [4.69, 9.17) is 5.73 Å². The number of hydrogen-bond acceptors (Lipinski definition) is 2. The van der Waals surface area contributed by atoms with Crippen LogP contribution in [0.2, 0.25) is 0 Å². The first-order valence-electron chi connectivity index (χ1n) is 3.37. The van der Waals surface area contributed by atoms with Crippen LogP contribution in [0, 0.1) is 6.92 Å². The van der Waals surface area contributed by atoms with E-state index in [-0.39, 0.29) is 12.3 Å². The minimum absolute atomic E-state index is 0.224. The summed E-state index contributed by atoms with van der Waals surface area (Å²) in [6, 6.07) is 1.85. The molecule has 4 nitrogen and oxygen atoms in total. The number of nitrogens with two attached hydrogens (primary N) is 1. The maximum Gasteiger partial charge on any atom is 0.223 e. The summed E-state index contributed by atoms with van der Waals surface area (Å²) in [5.41, 5.74) is 6.76. The third-order valence-electron chi connectivity index (χ3n) is 1.52. The molecule has 0 atom stereocenters.